The molecule has 0 amide bonds. The molecule has 0 saturated carbocycles. The number of esters is 2. The Labute approximate surface area is 196 Å². The van der Waals surface area contributed by atoms with Gasteiger partial charge in [0.25, 0.3) is 0 Å². The number of hydrogen-bond acceptors (Lipinski definition) is 4. The molecule has 3 rings (SSSR count). The van der Waals surface area contributed by atoms with E-state index in [1.165, 1.54) is 0 Å². The van der Waals surface area contributed by atoms with Crippen molar-refractivity contribution in [2.24, 2.45) is 0 Å². The second kappa shape index (κ2) is 11.5. The van der Waals surface area contributed by atoms with Gasteiger partial charge in [-0.15, -0.1) is 0 Å². The number of carbonyl (C=O) groups excluding carboxylic acids is 2. The van der Waals surface area contributed by atoms with E-state index in [4.69, 9.17) is 9.47 Å². The van der Waals surface area contributed by atoms with Crippen LogP contribution in [-0.4, -0.2) is 11.9 Å². The fraction of sp³-hybridized carbons (Fsp3) is 0.310. The number of rotatable bonds is 9. The molecule has 3 aromatic rings. The molecule has 0 atom stereocenters. The summed E-state index contributed by atoms with van der Waals surface area (Å²) < 4.78 is 12.0. The number of aryl methyl sites for hydroxylation is 1. The maximum atomic E-state index is 13.1. The molecule has 0 aliphatic rings. The van der Waals surface area contributed by atoms with E-state index < -0.39 is 11.9 Å². The van der Waals surface area contributed by atoms with E-state index in [0.717, 1.165) is 29.5 Å². The highest BCUT2D eigenvalue weighted by Gasteiger charge is 2.26. The van der Waals surface area contributed by atoms with Crippen molar-refractivity contribution in [3.05, 3.63) is 94.5 Å². The molecule has 0 unspecified atom stereocenters. The summed E-state index contributed by atoms with van der Waals surface area (Å²) in [6.45, 7) is 8.42. The van der Waals surface area contributed by atoms with Crippen LogP contribution in [0.5, 0.6) is 11.5 Å². The maximum absolute atomic E-state index is 13.1. The molecule has 3 aromatic carbocycles. The zero-order valence-corrected chi connectivity index (χ0v) is 19.9. The van der Waals surface area contributed by atoms with Gasteiger partial charge in [-0.2, -0.15) is 0 Å². The highest BCUT2D eigenvalue weighted by molar-refractivity contribution is 5.93. The Morgan fingerprint density at radius 1 is 0.727 bits per heavy atom. The van der Waals surface area contributed by atoms with Crippen molar-refractivity contribution in [1.82, 2.24) is 0 Å². The first-order valence-corrected chi connectivity index (χ1v) is 11.7. The van der Waals surface area contributed by atoms with Crippen LogP contribution in [0.3, 0.4) is 0 Å². The molecule has 0 radical (unpaired) electrons. The Bertz CT molecular complexity index is 1090. The minimum Gasteiger partial charge on any atom is -0.419 e. The smallest absolute Gasteiger partial charge is 0.343 e. The van der Waals surface area contributed by atoms with Gasteiger partial charge in [-0.25, -0.2) is 9.59 Å². The largest absolute Gasteiger partial charge is 0.419 e. The Hall–Kier alpha value is -3.40. The minimum atomic E-state index is -0.468. The topological polar surface area (TPSA) is 52.6 Å². The van der Waals surface area contributed by atoms with Crippen molar-refractivity contribution in [2.75, 3.05) is 0 Å². The molecule has 0 saturated heterocycles. The Morgan fingerprint density at radius 2 is 1.21 bits per heavy atom. The summed E-state index contributed by atoms with van der Waals surface area (Å²) in [6, 6.07) is 19.9. The first-order chi connectivity index (χ1) is 16.0. The second-order valence-corrected chi connectivity index (χ2v) is 8.43. The lowest BCUT2D eigenvalue weighted by Gasteiger charge is -2.23. The standard InChI is InChI=1S/C29H32O4/c1-5-13-23-19-25(20(3)4)24(14-6-2)27(33-29(31)22-17-11-8-12-18-22)26(23)32-28(30)21-15-9-7-10-16-21/h7-12,15-20H,5-6,13-14H2,1-4H3. The van der Waals surface area contributed by atoms with Crippen molar-refractivity contribution in [3.8, 4) is 11.5 Å². The van der Waals surface area contributed by atoms with Crippen LogP contribution in [-0.2, 0) is 12.8 Å². The van der Waals surface area contributed by atoms with Crippen LogP contribution in [0.2, 0.25) is 0 Å². The molecule has 0 fully saturated rings. The van der Waals surface area contributed by atoms with Crippen molar-refractivity contribution in [1.29, 1.82) is 0 Å². The van der Waals surface area contributed by atoms with Crippen LogP contribution in [0.4, 0.5) is 0 Å². The van der Waals surface area contributed by atoms with Gasteiger partial charge in [-0.05, 0) is 54.2 Å². The average Bonchev–Trinajstić information content (AvgIpc) is 2.83. The summed E-state index contributed by atoms with van der Waals surface area (Å²) in [5.41, 5.74) is 3.82. The van der Waals surface area contributed by atoms with Gasteiger partial charge in [-0.1, -0.05) is 83.0 Å². The van der Waals surface area contributed by atoms with Crippen molar-refractivity contribution in [3.63, 3.8) is 0 Å². The number of benzene rings is 3. The quantitative estimate of drug-likeness (QED) is 0.260. The normalized spacial score (nSPS) is 10.8. The van der Waals surface area contributed by atoms with E-state index >= 15 is 0 Å². The van der Waals surface area contributed by atoms with Crippen LogP contribution in [0.1, 0.15) is 83.9 Å². The van der Waals surface area contributed by atoms with E-state index in [1.54, 1.807) is 48.5 Å². The molecule has 0 aliphatic heterocycles. The lowest BCUT2D eigenvalue weighted by Crippen LogP contribution is -2.16. The Balaban J connectivity index is 2.17. The molecular formula is C29H32O4. The lowest BCUT2D eigenvalue weighted by molar-refractivity contribution is 0.0679. The van der Waals surface area contributed by atoms with Gasteiger partial charge < -0.3 is 9.47 Å². The molecule has 0 N–H and O–H groups in total. The zero-order valence-electron chi connectivity index (χ0n) is 19.9. The number of carbonyl (C=O) groups is 2. The molecule has 0 bridgehead atoms. The van der Waals surface area contributed by atoms with Crippen LogP contribution in [0.25, 0.3) is 0 Å². The van der Waals surface area contributed by atoms with Gasteiger partial charge in [-0.3, -0.25) is 0 Å². The van der Waals surface area contributed by atoms with Gasteiger partial charge in [0.2, 0.25) is 0 Å². The van der Waals surface area contributed by atoms with Crippen LogP contribution in [0.15, 0.2) is 66.7 Å². The summed E-state index contributed by atoms with van der Waals surface area (Å²) in [4.78, 5) is 26.1. The van der Waals surface area contributed by atoms with Gasteiger partial charge in [0.05, 0.1) is 11.1 Å². The second-order valence-electron chi connectivity index (χ2n) is 8.43. The van der Waals surface area contributed by atoms with Gasteiger partial charge in [0, 0.05) is 5.56 Å². The fourth-order valence-corrected chi connectivity index (χ4v) is 3.90. The van der Waals surface area contributed by atoms with E-state index in [9.17, 15) is 9.59 Å². The van der Waals surface area contributed by atoms with Gasteiger partial charge in [0.15, 0.2) is 11.5 Å². The summed E-state index contributed by atoms with van der Waals surface area (Å²) in [6.07, 6.45) is 3.16. The van der Waals surface area contributed by atoms with Crippen LogP contribution in [0, 0.1) is 0 Å². The monoisotopic (exact) mass is 444 g/mol. The summed E-state index contributed by atoms with van der Waals surface area (Å²) >= 11 is 0. The Kier molecular flexibility index (Phi) is 8.42. The highest BCUT2D eigenvalue weighted by Crippen LogP contribution is 2.42. The Morgan fingerprint density at radius 3 is 1.67 bits per heavy atom. The van der Waals surface area contributed by atoms with E-state index in [0.29, 0.717) is 35.5 Å². The number of ether oxygens (including phenoxy) is 2. The predicted molar refractivity (Wildman–Crippen MR) is 131 cm³/mol. The third-order valence-corrected chi connectivity index (χ3v) is 5.50. The molecule has 4 heteroatoms. The number of hydrogen-bond donors (Lipinski definition) is 0. The third-order valence-electron chi connectivity index (χ3n) is 5.50. The fourth-order valence-electron chi connectivity index (χ4n) is 3.90. The molecule has 172 valence electrons. The highest BCUT2D eigenvalue weighted by atomic mass is 16.6. The molecule has 33 heavy (non-hydrogen) atoms. The van der Waals surface area contributed by atoms with Crippen molar-refractivity contribution >= 4 is 11.9 Å². The van der Waals surface area contributed by atoms with Gasteiger partial charge >= 0.3 is 11.9 Å². The average molecular weight is 445 g/mol. The van der Waals surface area contributed by atoms with E-state index in [2.05, 4.69) is 33.8 Å². The maximum Gasteiger partial charge on any atom is 0.343 e. The van der Waals surface area contributed by atoms with E-state index in [-0.39, 0.29) is 5.92 Å². The molecule has 0 heterocycles. The third kappa shape index (κ3) is 5.89. The predicted octanol–water partition coefficient (Wildman–Crippen LogP) is 7.15. The molecule has 0 spiro atoms. The lowest BCUT2D eigenvalue weighted by atomic mass is 9.90. The molecule has 4 nitrogen and oxygen atoms in total. The van der Waals surface area contributed by atoms with Crippen molar-refractivity contribution < 1.29 is 19.1 Å². The first kappa shape index (κ1) is 24.2. The summed E-state index contributed by atoms with van der Waals surface area (Å²) in [7, 11) is 0. The van der Waals surface area contributed by atoms with Crippen molar-refractivity contribution in [2.45, 2.75) is 59.3 Å². The van der Waals surface area contributed by atoms with E-state index in [1.807, 2.05) is 12.1 Å². The summed E-state index contributed by atoms with van der Waals surface area (Å²) in [5.74, 6) is 0.0145. The molecule has 0 aliphatic carbocycles. The first-order valence-electron chi connectivity index (χ1n) is 11.7. The molecular weight excluding hydrogens is 412 g/mol. The van der Waals surface area contributed by atoms with Crippen LogP contribution < -0.4 is 9.47 Å². The van der Waals surface area contributed by atoms with Crippen LogP contribution >= 0.6 is 0 Å². The zero-order chi connectivity index (χ0) is 23.8. The SMILES string of the molecule is CCCc1cc(C(C)C)c(CCC)c(OC(=O)c2ccccc2)c1OC(=O)c1ccccc1. The van der Waals surface area contributed by atoms with Gasteiger partial charge in [0.1, 0.15) is 0 Å². The minimum absolute atomic E-state index is 0.232. The molecule has 0 aromatic heterocycles. The summed E-state index contributed by atoms with van der Waals surface area (Å²) in [5, 5.41) is 0.